The molecule has 1 aliphatic carbocycles. The molecule has 1 amide bonds. The number of nitrogens with zero attached hydrogens (tertiary/aromatic N) is 3. The fourth-order valence-corrected chi connectivity index (χ4v) is 6.87. The molecule has 1 saturated carbocycles. The number of rotatable bonds is 7. The van der Waals surface area contributed by atoms with Gasteiger partial charge in [-0.1, -0.05) is 17.3 Å². The Labute approximate surface area is 218 Å². The molecule has 13 heteroatoms. The largest absolute Gasteiger partial charge is 0.393 e. The van der Waals surface area contributed by atoms with Crippen LogP contribution in [0.25, 0.3) is 20.8 Å². The minimum atomic E-state index is -4.50. The van der Waals surface area contributed by atoms with Crippen LogP contribution in [0.15, 0.2) is 22.7 Å². The number of benzene rings is 1. The summed E-state index contributed by atoms with van der Waals surface area (Å²) in [5.74, 6) is -0.878. The summed E-state index contributed by atoms with van der Waals surface area (Å²) < 4.78 is 75.7. The van der Waals surface area contributed by atoms with Crippen molar-refractivity contribution in [2.75, 3.05) is 12.4 Å². The molecule has 0 spiro atoms. The van der Waals surface area contributed by atoms with E-state index in [0.717, 1.165) is 24.2 Å². The Kier molecular flexibility index (Phi) is 6.13. The molecule has 0 radical (unpaired) electrons. The van der Waals surface area contributed by atoms with E-state index in [4.69, 9.17) is 4.52 Å². The molecular weight excluding hydrogens is 529 g/mol. The Hall–Kier alpha value is -2.80. The highest BCUT2D eigenvalue weighted by Crippen LogP contribution is 2.45. The summed E-state index contributed by atoms with van der Waals surface area (Å²) in [6.45, 7) is -0.236. The smallest absolute Gasteiger partial charge is 0.378 e. The van der Waals surface area contributed by atoms with Crippen molar-refractivity contribution in [2.24, 2.45) is 0 Å². The fourth-order valence-electron chi connectivity index (χ4n) is 5.65. The Morgan fingerprint density at radius 2 is 2.08 bits per heavy atom. The number of thiophene rings is 1. The zero-order chi connectivity index (χ0) is 26.8. The summed E-state index contributed by atoms with van der Waals surface area (Å²) in [7, 11) is 1.94. The van der Waals surface area contributed by atoms with E-state index in [1.165, 1.54) is 0 Å². The van der Waals surface area contributed by atoms with Crippen LogP contribution >= 0.6 is 11.3 Å². The van der Waals surface area contributed by atoms with Crippen LogP contribution in [0.2, 0.25) is 0 Å². The van der Waals surface area contributed by atoms with Crippen molar-refractivity contribution in [1.29, 1.82) is 0 Å². The zero-order valence-corrected chi connectivity index (χ0v) is 21.3. The van der Waals surface area contributed by atoms with Gasteiger partial charge in [-0.3, -0.25) is 9.69 Å². The predicted molar refractivity (Wildman–Crippen MR) is 131 cm³/mol. The molecule has 6 rings (SSSR count). The number of anilines is 1. The first-order valence-electron chi connectivity index (χ1n) is 12.6. The number of hydrogen-bond acceptors (Lipinski definition) is 7. The molecule has 38 heavy (non-hydrogen) atoms. The lowest BCUT2D eigenvalue weighted by Crippen LogP contribution is -2.53. The minimum Gasteiger partial charge on any atom is -0.378 e. The van der Waals surface area contributed by atoms with E-state index in [0.29, 0.717) is 22.2 Å². The van der Waals surface area contributed by atoms with Crippen LogP contribution in [0.1, 0.15) is 43.6 Å². The summed E-state index contributed by atoms with van der Waals surface area (Å²) in [6, 6.07) is 4.65. The highest BCUT2D eigenvalue weighted by Gasteiger charge is 2.51. The fraction of sp³-hybridized carbons (Fsp3) is 0.560. The molecule has 3 aliphatic rings. The van der Waals surface area contributed by atoms with Crippen molar-refractivity contribution in [3.8, 4) is 10.7 Å². The number of alkyl halides is 5. The van der Waals surface area contributed by atoms with Crippen LogP contribution in [0, 0.1) is 0 Å². The van der Waals surface area contributed by atoms with Crippen molar-refractivity contribution in [3.63, 3.8) is 0 Å². The van der Waals surface area contributed by atoms with Gasteiger partial charge in [-0.25, -0.2) is 8.78 Å². The van der Waals surface area contributed by atoms with Crippen molar-refractivity contribution in [2.45, 2.75) is 81.2 Å². The molecule has 2 aromatic heterocycles. The van der Waals surface area contributed by atoms with Crippen LogP contribution in [0.3, 0.4) is 0 Å². The third-order valence-corrected chi connectivity index (χ3v) is 9.15. The highest BCUT2D eigenvalue weighted by atomic mass is 32.1. The first kappa shape index (κ1) is 25.5. The maximum atomic E-state index is 15.3. The van der Waals surface area contributed by atoms with E-state index in [1.807, 2.05) is 7.05 Å². The quantitative estimate of drug-likeness (QED) is 0.392. The molecule has 4 heterocycles. The summed E-state index contributed by atoms with van der Waals surface area (Å²) in [5.41, 5.74) is -1.31. The molecule has 3 fully saturated rings. The van der Waals surface area contributed by atoms with Crippen LogP contribution in [0.4, 0.5) is 27.6 Å². The average molecular weight is 556 g/mol. The minimum absolute atomic E-state index is 0.00141. The number of nitrogens with one attached hydrogen (secondary N) is 2. The average Bonchev–Trinajstić information content (AvgIpc) is 3.17. The van der Waals surface area contributed by atoms with Gasteiger partial charge in [0.25, 0.3) is 5.91 Å². The van der Waals surface area contributed by atoms with Crippen LogP contribution in [0.5, 0.6) is 0 Å². The summed E-state index contributed by atoms with van der Waals surface area (Å²) in [6.07, 6.45) is -4.18. The predicted octanol–water partition coefficient (Wildman–Crippen LogP) is 5.16. The summed E-state index contributed by atoms with van der Waals surface area (Å²) in [4.78, 5) is 18.3. The third-order valence-electron chi connectivity index (χ3n) is 7.88. The monoisotopic (exact) mass is 555 g/mol. The number of carbonyl (C=O) groups is 1. The van der Waals surface area contributed by atoms with Crippen LogP contribution < -0.4 is 10.6 Å². The number of piperidine rings is 1. The number of amides is 1. The summed E-state index contributed by atoms with van der Waals surface area (Å²) >= 11 is 1.08. The third kappa shape index (κ3) is 4.63. The second-order valence-corrected chi connectivity index (χ2v) is 11.5. The molecular formula is C25H26F5N5O2S. The maximum absolute atomic E-state index is 15.3. The van der Waals surface area contributed by atoms with Gasteiger partial charge in [-0.2, -0.15) is 18.2 Å². The molecule has 2 saturated heterocycles. The first-order chi connectivity index (χ1) is 18.0. The Morgan fingerprint density at radius 3 is 2.82 bits per heavy atom. The molecule has 4 atom stereocenters. The molecule has 0 unspecified atom stereocenters. The molecule has 2 N–H and O–H groups in total. The van der Waals surface area contributed by atoms with E-state index >= 15 is 4.39 Å². The molecule has 2 bridgehead atoms. The number of hydrogen-bond donors (Lipinski definition) is 2. The normalized spacial score (nSPS) is 26.6. The van der Waals surface area contributed by atoms with Crippen LogP contribution in [-0.4, -0.2) is 64.1 Å². The number of aromatic nitrogens is 2. The van der Waals surface area contributed by atoms with Gasteiger partial charge < -0.3 is 15.2 Å². The SMILES string of the molecule is CN1[C@@H]2CC[C@H]1[C@H](F)[C@H](Nc1cccc3c(CC(F)(F)F)c(-c4noc(CNC(=O)C5(F)CC5)n4)sc13)C2. The second-order valence-electron chi connectivity index (χ2n) is 10.4. The molecule has 1 aromatic carbocycles. The second kappa shape index (κ2) is 9.15. The van der Waals surface area contributed by atoms with Crippen molar-refractivity contribution < 1.29 is 31.3 Å². The molecule has 2 aliphatic heterocycles. The van der Waals surface area contributed by atoms with E-state index < -0.39 is 36.4 Å². The number of halogens is 5. The van der Waals surface area contributed by atoms with Gasteiger partial charge in [0.1, 0.15) is 6.17 Å². The molecule has 7 nitrogen and oxygen atoms in total. The van der Waals surface area contributed by atoms with Crippen molar-refractivity contribution in [3.05, 3.63) is 29.7 Å². The number of carbonyl (C=O) groups excluding carboxylic acids is 1. The van der Waals surface area contributed by atoms with Crippen molar-refractivity contribution in [1.82, 2.24) is 20.4 Å². The number of fused-ring (bicyclic) bond motifs is 3. The first-order valence-corrected chi connectivity index (χ1v) is 13.4. The van der Waals surface area contributed by atoms with E-state index in [1.54, 1.807) is 18.2 Å². The topological polar surface area (TPSA) is 83.3 Å². The van der Waals surface area contributed by atoms with Crippen LogP contribution in [-0.2, 0) is 17.8 Å². The molecule has 204 valence electrons. The van der Waals surface area contributed by atoms with Gasteiger partial charge in [0, 0.05) is 12.1 Å². The lowest BCUT2D eigenvalue weighted by molar-refractivity contribution is -0.128. The van der Waals surface area contributed by atoms with Gasteiger partial charge in [0.2, 0.25) is 11.7 Å². The standard InChI is InChI=1S/C25H26F5N5O2S/c1-35-12-5-6-17(35)19(26)16(9-12)32-15-4-2-3-13-14(10-25(28,29)30)21(38-20(13)15)22-33-18(37-34-22)11-31-23(36)24(27)7-8-24/h2-4,12,16-17,19,32H,5-11H2,1H3,(H,31,36)/t12-,16-,17+,19-/m1/s1. The molecule has 3 aromatic rings. The van der Waals surface area contributed by atoms with Gasteiger partial charge in [-0.15, -0.1) is 11.3 Å². The lowest BCUT2D eigenvalue weighted by Gasteiger charge is -2.39. The Bertz CT molecular complexity index is 1370. The maximum Gasteiger partial charge on any atom is 0.393 e. The van der Waals surface area contributed by atoms with Gasteiger partial charge in [-0.05, 0) is 56.2 Å². The van der Waals surface area contributed by atoms with Gasteiger partial charge >= 0.3 is 6.18 Å². The van der Waals surface area contributed by atoms with E-state index in [9.17, 15) is 22.4 Å². The highest BCUT2D eigenvalue weighted by molar-refractivity contribution is 7.23. The summed E-state index contributed by atoms with van der Waals surface area (Å²) in [5, 5.41) is 9.90. The van der Waals surface area contributed by atoms with E-state index in [2.05, 4.69) is 25.7 Å². The van der Waals surface area contributed by atoms with E-state index in [-0.39, 0.29) is 53.6 Å². The van der Waals surface area contributed by atoms with Gasteiger partial charge in [0.05, 0.1) is 34.3 Å². The zero-order valence-electron chi connectivity index (χ0n) is 20.4. The van der Waals surface area contributed by atoms with Gasteiger partial charge in [0.15, 0.2) is 5.67 Å². The van der Waals surface area contributed by atoms with Crippen molar-refractivity contribution >= 4 is 33.0 Å². The Morgan fingerprint density at radius 1 is 1.29 bits per heavy atom. The lowest BCUT2D eigenvalue weighted by atomic mass is 9.95. The Balaban J connectivity index is 1.31.